The summed E-state index contributed by atoms with van der Waals surface area (Å²) >= 11 is 0. The molecule has 1 aliphatic rings. The van der Waals surface area contributed by atoms with Crippen LogP contribution in [0.15, 0.2) is 47.3 Å². The predicted molar refractivity (Wildman–Crippen MR) is 161 cm³/mol. The SMILES string of the molecule is CCCCN(C[C@H](C)c1cc(N2CCCCC2)ccc1C#N)/N=C(\C)c1ccc(N(C)/C=C(/C)N)c(OC)n1. The predicted octanol–water partition coefficient (Wildman–Crippen LogP) is 5.84. The highest BCUT2D eigenvalue weighted by Gasteiger charge is 2.19. The number of nitrogens with two attached hydrogens (primary N) is 1. The molecular formula is C31H45N7O. The van der Waals surface area contributed by atoms with Gasteiger partial charge in [0, 0.05) is 56.7 Å². The molecule has 1 fully saturated rings. The number of hydrazone groups is 1. The maximum atomic E-state index is 9.86. The Labute approximate surface area is 234 Å². The summed E-state index contributed by atoms with van der Waals surface area (Å²) in [6, 6.07) is 12.7. The summed E-state index contributed by atoms with van der Waals surface area (Å²) in [6.07, 6.45) is 7.70. The third-order valence-electron chi connectivity index (χ3n) is 7.14. The molecule has 2 heterocycles. The molecule has 1 saturated heterocycles. The molecule has 3 rings (SSSR count). The summed E-state index contributed by atoms with van der Waals surface area (Å²) < 4.78 is 5.59. The number of rotatable bonds is 12. The second-order valence-corrected chi connectivity index (χ2v) is 10.5. The molecule has 0 radical (unpaired) electrons. The Hall–Kier alpha value is -3.73. The standard InChI is InChI=1S/C31H45N7O/c1-7-8-18-38(35-25(4)29-14-15-30(31(34-29)39-6)36(5)22-24(3)33)21-23(2)28-19-27(13-12-26(28)20-32)37-16-10-9-11-17-37/h12-15,19,22-23H,7-11,16-18,21,33H2,1-6H3/b24-22-,35-25+/t23-/m0/s1. The highest BCUT2D eigenvalue weighted by Crippen LogP contribution is 2.29. The lowest BCUT2D eigenvalue weighted by Gasteiger charge is -2.30. The maximum absolute atomic E-state index is 9.86. The van der Waals surface area contributed by atoms with Gasteiger partial charge in [-0.2, -0.15) is 10.4 Å². The summed E-state index contributed by atoms with van der Waals surface area (Å²) in [6.45, 7) is 11.9. The molecule has 0 spiro atoms. The zero-order valence-electron chi connectivity index (χ0n) is 24.6. The molecule has 0 unspecified atom stereocenters. The molecule has 1 atom stereocenters. The lowest BCUT2D eigenvalue weighted by molar-refractivity contribution is 0.269. The molecule has 0 saturated carbocycles. The molecule has 1 aromatic carbocycles. The van der Waals surface area contributed by atoms with Gasteiger partial charge in [-0.3, -0.25) is 5.01 Å². The van der Waals surface area contributed by atoms with Crippen LogP contribution in [0.1, 0.15) is 82.5 Å². The van der Waals surface area contributed by atoms with Gasteiger partial charge in [0.2, 0.25) is 5.88 Å². The van der Waals surface area contributed by atoms with Crippen molar-refractivity contribution in [3.63, 3.8) is 0 Å². The van der Waals surface area contributed by atoms with Gasteiger partial charge in [-0.25, -0.2) is 4.98 Å². The molecule has 0 aliphatic carbocycles. The molecule has 8 nitrogen and oxygen atoms in total. The fraction of sp³-hybridized carbons (Fsp3) is 0.516. The molecule has 1 aliphatic heterocycles. The Bertz CT molecular complexity index is 1190. The number of piperidine rings is 1. The Balaban J connectivity index is 1.86. The lowest BCUT2D eigenvalue weighted by atomic mass is 9.94. The Kier molecular flexibility index (Phi) is 11.0. The van der Waals surface area contributed by atoms with Crippen LogP contribution in [0.5, 0.6) is 5.88 Å². The van der Waals surface area contributed by atoms with Crippen molar-refractivity contribution in [1.29, 1.82) is 5.26 Å². The zero-order valence-corrected chi connectivity index (χ0v) is 24.6. The second-order valence-electron chi connectivity index (χ2n) is 10.5. The van der Waals surface area contributed by atoms with Gasteiger partial charge in [-0.1, -0.05) is 20.3 Å². The van der Waals surface area contributed by atoms with E-state index in [4.69, 9.17) is 20.6 Å². The molecule has 0 bridgehead atoms. The van der Waals surface area contributed by atoms with Gasteiger partial charge in [0.05, 0.1) is 30.1 Å². The van der Waals surface area contributed by atoms with Gasteiger partial charge in [0.15, 0.2) is 0 Å². The second kappa shape index (κ2) is 14.4. The van der Waals surface area contributed by atoms with E-state index in [2.05, 4.69) is 42.0 Å². The van der Waals surface area contributed by atoms with Crippen molar-refractivity contribution in [3.8, 4) is 11.9 Å². The van der Waals surface area contributed by atoms with Crippen LogP contribution in [0.4, 0.5) is 11.4 Å². The van der Waals surface area contributed by atoms with E-state index in [1.807, 2.05) is 50.2 Å². The van der Waals surface area contributed by atoms with Crippen LogP contribution < -0.4 is 20.3 Å². The molecular weight excluding hydrogens is 486 g/mol. The van der Waals surface area contributed by atoms with Crippen molar-refractivity contribution in [2.45, 2.75) is 65.7 Å². The summed E-state index contributed by atoms with van der Waals surface area (Å²) in [5.41, 5.74) is 12.0. The highest BCUT2D eigenvalue weighted by molar-refractivity contribution is 5.97. The van der Waals surface area contributed by atoms with E-state index in [1.54, 1.807) is 7.11 Å². The topological polar surface area (TPSA) is 94.0 Å². The van der Waals surface area contributed by atoms with Crippen LogP contribution in [-0.4, -0.2) is 56.0 Å². The summed E-state index contributed by atoms with van der Waals surface area (Å²) in [7, 11) is 3.54. The van der Waals surface area contributed by atoms with Crippen molar-refractivity contribution < 1.29 is 4.74 Å². The minimum absolute atomic E-state index is 0.141. The van der Waals surface area contributed by atoms with Gasteiger partial charge in [-0.05, 0) is 75.4 Å². The fourth-order valence-corrected chi connectivity index (χ4v) is 5.04. The number of ether oxygens (including phenoxy) is 1. The number of unbranched alkanes of at least 4 members (excludes halogenated alkanes) is 1. The average Bonchev–Trinajstić information content (AvgIpc) is 2.95. The van der Waals surface area contributed by atoms with E-state index in [9.17, 15) is 5.26 Å². The van der Waals surface area contributed by atoms with E-state index in [-0.39, 0.29) is 5.92 Å². The largest absolute Gasteiger partial charge is 0.479 e. The summed E-state index contributed by atoms with van der Waals surface area (Å²) in [4.78, 5) is 9.09. The number of allylic oxidation sites excluding steroid dienone is 1. The number of benzene rings is 1. The molecule has 8 heteroatoms. The Morgan fingerprint density at radius 2 is 1.97 bits per heavy atom. The first-order valence-electron chi connectivity index (χ1n) is 14.1. The minimum Gasteiger partial charge on any atom is -0.479 e. The monoisotopic (exact) mass is 531 g/mol. The Morgan fingerprint density at radius 3 is 2.62 bits per heavy atom. The highest BCUT2D eigenvalue weighted by atomic mass is 16.5. The number of methoxy groups -OCH3 is 1. The molecule has 2 N–H and O–H groups in total. The van der Waals surface area contributed by atoms with E-state index >= 15 is 0 Å². The number of nitrogens with zero attached hydrogens (tertiary/aromatic N) is 6. The first-order valence-corrected chi connectivity index (χ1v) is 14.1. The van der Waals surface area contributed by atoms with Gasteiger partial charge in [0.25, 0.3) is 0 Å². The number of hydrogen-bond donors (Lipinski definition) is 1. The van der Waals surface area contributed by atoms with Gasteiger partial charge >= 0.3 is 0 Å². The molecule has 2 aromatic rings. The van der Waals surface area contributed by atoms with Crippen LogP contribution in [0, 0.1) is 11.3 Å². The van der Waals surface area contributed by atoms with E-state index in [0.29, 0.717) is 18.1 Å². The average molecular weight is 532 g/mol. The van der Waals surface area contributed by atoms with Crippen LogP contribution >= 0.6 is 0 Å². The minimum atomic E-state index is 0.141. The fourth-order valence-electron chi connectivity index (χ4n) is 5.04. The van der Waals surface area contributed by atoms with Crippen LogP contribution in [0.25, 0.3) is 0 Å². The van der Waals surface area contributed by atoms with Crippen molar-refractivity contribution in [3.05, 3.63) is 59.0 Å². The molecule has 1 aromatic heterocycles. The van der Waals surface area contributed by atoms with E-state index in [1.165, 1.54) is 24.9 Å². The third kappa shape index (κ3) is 8.13. The van der Waals surface area contributed by atoms with Crippen LogP contribution in [0.3, 0.4) is 0 Å². The third-order valence-corrected chi connectivity index (χ3v) is 7.14. The first kappa shape index (κ1) is 29.8. The number of hydrogen-bond acceptors (Lipinski definition) is 8. The van der Waals surface area contributed by atoms with Gasteiger partial charge in [0.1, 0.15) is 5.69 Å². The van der Waals surface area contributed by atoms with Crippen LogP contribution in [-0.2, 0) is 0 Å². The zero-order chi connectivity index (χ0) is 28.4. The van der Waals surface area contributed by atoms with Gasteiger partial charge in [-0.15, -0.1) is 0 Å². The van der Waals surface area contributed by atoms with Crippen LogP contribution in [0.2, 0.25) is 0 Å². The van der Waals surface area contributed by atoms with Crippen molar-refractivity contribution in [2.24, 2.45) is 10.8 Å². The van der Waals surface area contributed by atoms with Crippen molar-refractivity contribution in [2.75, 3.05) is 50.1 Å². The number of anilines is 2. The molecule has 210 valence electrons. The van der Waals surface area contributed by atoms with E-state index < -0.39 is 0 Å². The normalized spacial score (nSPS) is 15.1. The molecule has 39 heavy (non-hydrogen) atoms. The maximum Gasteiger partial charge on any atom is 0.238 e. The van der Waals surface area contributed by atoms with Crippen molar-refractivity contribution >= 4 is 17.1 Å². The van der Waals surface area contributed by atoms with E-state index in [0.717, 1.165) is 60.7 Å². The van der Waals surface area contributed by atoms with Gasteiger partial charge < -0.3 is 20.3 Å². The first-order chi connectivity index (χ1) is 18.8. The summed E-state index contributed by atoms with van der Waals surface area (Å²) in [5.74, 6) is 0.659. The summed E-state index contributed by atoms with van der Waals surface area (Å²) in [5, 5.41) is 17.0. The smallest absolute Gasteiger partial charge is 0.238 e. The quantitative estimate of drug-likeness (QED) is 0.272. The number of pyridine rings is 1. The lowest BCUT2D eigenvalue weighted by Crippen LogP contribution is -2.30. The molecule has 0 amide bonds. The van der Waals surface area contributed by atoms with Crippen molar-refractivity contribution in [1.82, 2.24) is 9.99 Å². The Morgan fingerprint density at radius 1 is 1.23 bits per heavy atom. The number of nitriles is 1. The number of aromatic nitrogens is 1.